The molecule has 0 saturated carbocycles. The summed E-state index contributed by atoms with van der Waals surface area (Å²) < 4.78 is 0. The first kappa shape index (κ1) is 13.4. The number of hydrogen-bond acceptors (Lipinski definition) is 4. The number of aryl methyl sites for hydroxylation is 2. The number of nitrogens with one attached hydrogen (secondary N) is 1. The second-order valence-electron chi connectivity index (χ2n) is 4.61. The Morgan fingerprint density at radius 1 is 1.41 bits per heavy atom. The van der Waals surface area contributed by atoms with E-state index in [-0.39, 0.29) is 0 Å². The van der Waals surface area contributed by atoms with Crippen LogP contribution in [-0.2, 0) is 4.79 Å². The Bertz CT molecular complexity index is 384. The van der Waals surface area contributed by atoms with Gasteiger partial charge in [0.05, 0.1) is 0 Å². The minimum Gasteiger partial charge on any atom is -0.480 e. The van der Waals surface area contributed by atoms with E-state index in [0.29, 0.717) is 24.0 Å². The molecule has 0 radical (unpaired) electrons. The molecule has 0 aliphatic rings. The van der Waals surface area contributed by atoms with E-state index in [4.69, 9.17) is 5.11 Å². The molecule has 5 nitrogen and oxygen atoms in total. The molecule has 0 saturated heterocycles. The minimum atomic E-state index is -0.854. The Morgan fingerprint density at radius 3 is 2.53 bits per heavy atom. The number of aliphatic carboxylic acids is 1. The van der Waals surface area contributed by atoms with Gasteiger partial charge in [-0.05, 0) is 26.2 Å². The van der Waals surface area contributed by atoms with Crippen LogP contribution < -0.4 is 5.32 Å². The van der Waals surface area contributed by atoms with E-state index in [1.54, 1.807) is 13.0 Å². The largest absolute Gasteiger partial charge is 0.480 e. The quantitative estimate of drug-likeness (QED) is 0.819. The lowest BCUT2D eigenvalue weighted by atomic mass is 10.0. The van der Waals surface area contributed by atoms with Gasteiger partial charge in [-0.15, -0.1) is 0 Å². The van der Waals surface area contributed by atoms with Crippen molar-refractivity contribution in [1.29, 1.82) is 0 Å². The van der Waals surface area contributed by atoms with Crippen molar-refractivity contribution in [2.24, 2.45) is 5.92 Å². The first-order valence-corrected chi connectivity index (χ1v) is 5.70. The van der Waals surface area contributed by atoms with Crippen molar-refractivity contribution in [3.63, 3.8) is 0 Å². The van der Waals surface area contributed by atoms with Crippen LogP contribution in [0.25, 0.3) is 0 Å². The van der Waals surface area contributed by atoms with Crippen molar-refractivity contribution in [3.05, 3.63) is 17.6 Å². The van der Waals surface area contributed by atoms with Gasteiger partial charge in [0, 0.05) is 11.8 Å². The third kappa shape index (κ3) is 4.38. The second kappa shape index (κ2) is 5.61. The number of carboxylic acids is 1. The fraction of sp³-hybridized carbons (Fsp3) is 0.583. The van der Waals surface area contributed by atoms with Gasteiger partial charge in [0.1, 0.15) is 17.7 Å². The molecule has 1 atom stereocenters. The molecule has 1 heterocycles. The molecular weight excluding hydrogens is 218 g/mol. The molecule has 5 heteroatoms. The number of hydrogen-bond donors (Lipinski definition) is 2. The summed E-state index contributed by atoms with van der Waals surface area (Å²) in [4.78, 5) is 19.4. The first-order valence-electron chi connectivity index (χ1n) is 5.70. The van der Waals surface area contributed by atoms with Crippen LogP contribution in [0.3, 0.4) is 0 Å². The monoisotopic (exact) mass is 237 g/mol. The summed E-state index contributed by atoms with van der Waals surface area (Å²) in [6.07, 6.45) is 0.567. The van der Waals surface area contributed by atoms with Gasteiger partial charge in [0.2, 0.25) is 0 Å². The number of carboxylic acid groups (broad SMARTS) is 1. The lowest BCUT2D eigenvalue weighted by molar-refractivity contribution is -0.138. The molecule has 1 aromatic heterocycles. The van der Waals surface area contributed by atoms with Crippen molar-refractivity contribution in [1.82, 2.24) is 9.97 Å². The summed E-state index contributed by atoms with van der Waals surface area (Å²) in [5.41, 5.74) is 0.827. The zero-order valence-corrected chi connectivity index (χ0v) is 10.7. The molecule has 0 fully saturated rings. The molecule has 2 N–H and O–H groups in total. The van der Waals surface area contributed by atoms with Gasteiger partial charge in [0.25, 0.3) is 0 Å². The molecule has 0 aliphatic heterocycles. The molecule has 0 unspecified atom stereocenters. The fourth-order valence-electron chi connectivity index (χ4n) is 1.66. The van der Waals surface area contributed by atoms with E-state index in [1.165, 1.54) is 0 Å². The molecule has 17 heavy (non-hydrogen) atoms. The van der Waals surface area contributed by atoms with E-state index in [1.807, 2.05) is 20.8 Å². The number of nitrogens with zero attached hydrogens (tertiary/aromatic N) is 2. The molecule has 0 aromatic carbocycles. The summed E-state index contributed by atoms with van der Waals surface area (Å²) >= 11 is 0. The van der Waals surface area contributed by atoms with Crippen LogP contribution in [0, 0.1) is 19.8 Å². The summed E-state index contributed by atoms with van der Waals surface area (Å²) in [5, 5.41) is 12.1. The van der Waals surface area contributed by atoms with Crippen LogP contribution in [0.5, 0.6) is 0 Å². The predicted octanol–water partition coefficient (Wildman–Crippen LogP) is 2.00. The van der Waals surface area contributed by atoms with E-state index in [9.17, 15) is 4.79 Å². The maximum atomic E-state index is 11.1. The van der Waals surface area contributed by atoms with Gasteiger partial charge in [0.15, 0.2) is 0 Å². The van der Waals surface area contributed by atoms with Gasteiger partial charge in [-0.2, -0.15) is 0 Å². The zero-order valence-electron chi connectivity index (χ0n) is 10.7. The van der Waals surface area contributed by atoms with Gasteiger partial charge < -0.3 is 10.4 Å². The van der Waals surface area contributed by atoms with E-state index in [2.05, 4.69) is 15.3 Å². The lowest BCUT2D eigenvalue weighted by Gasteiger charge is -2.17. The van der Waals surface area contributed by atoms with Crippen LogP contribution in [0.15, 0.2) is 6.07 Å². The number of aromatic nitrogens is 2. The van der Waals surface area contributed by atoms with Crippen molar-refractivity contribution < 1.29 is 9.90 Å². The Hall–Kier alpha value is -1.65. The molecular formula is C12H19N3O2. The molecule has 1 aromatic rings. The molecule has 0 amide bonds. The summed E-state index contributed by atoms with van der Waals surface area (Å²) in [6.45, 7) is 7.64. The standard InChI is InChI=1S/C12H19N3O2/c1-7(2)5-10(12(16)17)15-11-6-8(3)13-9(4)14-11/h6-7,10H,5H2,1-4H3,(H,16,17)(H,13,14,15)/t10-/m0/s1. The molecule has 0 bridgehead atoms. The van der Waals surface area contributed by atoms with Crippen LogP contribution in [0.4, 0.5) is 5.82 Å². The van der Waals surface area contributed by atoms with Crippen molar-refractivity contribution in [2.75, 3.05) is 5.32 Å². The number of carbonyl (C=O) groups is 1. The Morgan fingerprint density at radius 2 is 2.06 bits per heavy atom. The number of rotatable bonds is 5. The Kier molecular flexibility index (Phi) is 4.43. The minimum absolute atomic E-state index is 0.313. The van der Waals surface area contributed by atoms with Crippen molar-refractivity contribution >= 4 is 11.8 Å². The van der Waals surface area contributed by atoms with Crippen molar-refractivity contribution in [2.45, 2.75) is 40.2 Å². The fourth-order valence-corrected chi connectivity index (χ4v) is 1.66. The molecule has 94 valence electrons. The highest BCUT2D eigenvalue weighted by Crippen LogP contribution is 2.12. The average molecular weight is 237 g/mol. The van der Waals surface area contributed by atoms with Crippen LogP contribution in [-0.4, -0.2) is 27.1 Å². The highest BCUT2D eigenvalue weighted by molar-refractivity contribution is 5.76. The Balaban J connectivity index is 2.82. The van der Waals surface area contributed by atoms with Gasteiger partial charge in [-0.3, -0.25) is 0 Å². The lowest BCUT2D eigenvalue weighted by Crippen LogP contribution is -2.31. The van der Waals surface area contributed by atoms with Crippen LogP contribution in [0.2, 0.25) is 0 Å². The first-order chi connectivity index (χ1) is 7.88. The maximum Gasteiger partial charge on any atom is 0.326 e. The SMILES string of the molecule is Cc1cc(N[C@@H](CC(C)C)C(=O)O)nc(C)n1. The topological polar surface area (TPSA) is 75.1 Å². The smallest absolute Gasteiger partial charge is 0.326 e. The zero-order chi connectivity index (χ0) is 13.0. The van der Waals surface area contributed by atoms with E-state index < -0.39 is 12.0 Å². The van der Waals surface area contributed by atoms with E-state index >= 15 is 0 Å². The molecule has 1 rings (SSSR count). The van der Waals surface area contributed by atoms with Gasteiger partial charge >= 0.3 is 5.97 Å². The Labute approximate surface area is 101 Å². The summed E-state index contributed by atoms with van der Waals surface area (Å²) in [5.74, 6) is 0.671. The number of anilines is 1. The van der Waals surface area contributed by atoms with Crippen molar-refractivity contribution in [3.8, 4) is 0 Å². The predicted molar refractivity (Wildman–Crippen MR) is 66.0 cm³/mol. The summed E-state index contributed by atoms with van der Waals surface area (Å²) in [6, 6.07) is 1.15. The third-order valence-corrected chi connectivity index (χ3v) is 2.29. The third-order valence-electron chi connectivity index (χ3n) is 2.29. The van der Waals surface area contributed by atoms with Crippen LogP contribution >= 0.6 is 0 Å². The highest BCUT2D eigenvalue weighted by Gasteiger charge is 2.19. The summed E-state index contributed by atoms with van der Waals surface area (Å²) in [7, 11) is 0. The average Bonchev–Trinajstić information content (AvgIpc) is 2.13. The normalized spacial score (nSPS) is 12.5. The van der Waals surface area contributed by atoms with Crippen LogP contribution in [0.1, 0.15) is 31.8 Å². The molecule has 0 aliphatic carbocycles. The van der Waals surface area contributed by atoms with Gasteiger partial charge in [-0.25, -0.2) is 14.8 Å². The van der Waals surface area contributed by atoms with Gasteiger partial charge in [-0.1, -0.05) is 13.8 Å². The maximum absolute atomic E-state index is 11.1. The van der Waals surface area contributed by atoms with E-state index in [0.717, 1.165) is 5.69 Å². The highest BCUT2D eigenvalue weighted by atomic mass is 16.4. The molecule has 0 spiro atoms. The second-order valence-corrected chi connectivity index (χ2v) is 4.61.